The zero-order valence-corrected chi connectivity index (χ0v) is 19.2. The van der Waals surface area contributed by atoms with E-state index in [1.807, 2.05) is 30.6 Å². The van der Waals surface area contributed by atoms with Crippen molar-refractivity contribution in [1.29, 1.82) is 0 Å². The third-order valence-electron chi connectivity index (χ3n) is 6.96. The van der Waals surface area contributed by atoms with Crippen molar-refractivity contribution in [1.82, 2.24) is 20.3 Å². The molecule has 1 aliphatic carbocycles. The smallest absolute Gasteiger partial charge is 0.224 e. The Labute approximate surface area is 195 Å². The molecule has 5 rings (SSSR count). The molecule has 3 aromatic rings. The second kappa shape index (κ2) is 10.0. The van der Waals surface area contributed by atoms with Crippen LogP contribution in [0.3, 0.4) is 0 Å². The predicted molar refractivity (Wildman–Crippen MR) is 130 cm³/mol. The molecule has 1 aromatic carbocycles. The van der Waals surface area contributed by atoms with Gasteiger partial charge in [0.05, 0.1) is 23.0 Å². The van der Waals surface area contributed by atoms with E-state index in [0.717, 1.165) is 68.1 Å². The van der Waals surface area contributed by atoms with Gasteiger partial charge in [-0.2, -0.15) is 0 Å². The lowest BCUT2D eigenvalue weighted by molar-refractivity contribution is 0.122. The molecule has 3 N–H and O–H groups in total. The van der Waals surface area contributed by atoms with Crippen LogP contribution in [0.5, 0.6) is 5.88 Å². The van der Waals surface area contributed by atoms with Gasteiger partial charge in [-0.1, -0.05) is 30.3 Å². The molecule has 0 bridgehead atoms. The van der Waals surface area contributed by atoms with E-state index in [9.17, 15) is 5.11 Å². The molecule has 2 fully saturated rings. The van der Waals surface area contributed by atoms with Gasteiger partial charge in [-0.3, -0.25) is 0 Å². The Morgan fingerprint density at radius 1 is 1.00 bits per heavy atom. The lowest BCUT2D eigenvalue weighted by atomic mass is 9.83. The van der Waals surface area contributed by atoms with Gasteiger partial charge in [0.25, 0.3) is 0 Å². The number of aromatic nitrogens is 3. The molecule has 0 spiro atoms. The minimum atomic E-state index is -0.193. The number of nitrogens with zero attached hydrogens (tertiary/aromatic N) is 3. The molecule has 2 aliphatic rings. The van der Waals surface area contributed by atoms with E-state index < -0.39 is 0 Å². The van der Waals surface area contributed by atoms with E-state index in [2.05, 4.69) is 34.7 Å². The molecule has 1 atom stereocenters. The van der Waals surface area contributed by atoms with Gasteiger partial charge in [0, 0.05) is 18.0 Å². The summed E-state index contributed by atoms with van der Waals surface area (Å²) in [7, 11) is 0. The van der Waals surface area contributed by atoms with Crippen LogP contribution < -0.4 is 15.4 Å². The third kappa shape index (κ3) is 5.09. The zero-order valence-electron chi connectivity index (χ0n) is 19.2. The summed E-state index contributed by atoms with van der Waals surface area (Å²) in [5, 5.41) is 17.7. The molecule has 174 valence electrons. The van der Waals surface area contributed by atoms with Crippen molar-refractivity contribution in [2.24, 2.45) is 0 Å². The summed E-state index contributed by atoms with van der Waals surface area (Å²) in [4.78, 5) is 14.3. The minimum Gasteiger partial charge on any atom is -0.474 e. The second-order valence-electron chi connectivity index (χ2n) is 9.32. The van der Waals surface area contributed by atoms with Crippen LogP contribution in [-0.4, -0.2) is 45.4 Å². The van der Waals surface area contributed by atoms with Gasteiger partial charge in [-0.15, -0.1) is 0 Å². The van der Waals surface area contributed by atoms with E-state index in [4.69, 9.17) is 14.7 Å². The lowest BCUT2D eigenvalue weighted by Crippen LogP contribution is -2.34. The summed E-state index contributed by atoms with van der Waals surface area (Å²) in [5.41, 5.74) is 3.23. The fourth-order valence-corrected chi connectivity index (χ4v) is 4.96. The Kier molecular flexibility index (Phi) is 6.69. The van der Waals surface area contributed by atoms with Gasteiger partial charge in [0.1, 0.15) is 6.10 Å². The maximum Gasteiger partial charge on any atom is 0.224 e. The summed E-state index contributed by atoms with van der Waals surface area (Å²) >= 11 is 0. The largest absolute Gasteiger partial charge is 0.474 e. The minimum absolute atomic E-state index is 0.0872. The lowest BCUT2D eigenvalue weighted by Gasteiger charge is -2.27. The van der Waals surface area contributed by atoms with Gasteiger partial charge in [-0.25, -0.2) is 15.0 Å². The quantitative estimate of drug-likeness (QED) is 0.517. The summed E-state index contributed by atoms with van der Waals surface area (Å²) < 4.78 is 6.33. The second-order valence-corrected chi connectivity index (χ2v) is 9.32. The Morgan fingerprint density at radius 2 is 1.76 bits per heavy atom. The first kappa shape index (κ1) is 22.0. The van der Waals surface area contributed by atoms with Crippen LogP contribution in [0.25, 0.3) is 10.9 Å². The molecule has 7 heteroatoms. The maximum absolute atomic E-state index is 9.99. The molecule has 1 saturated heterocycles. The molecule has 0 unspecified atom stereocenters. The number of pyridine rings is 1. The highest BCUT2D eigenvalue weighted by Crippen LogP contribution is 2.38. The van der Waals surface area contributed by atoms with Crippen LogP contribution in [-0.2, 0) is 0 Å². The standard InChI is InChI=1S/C26H33N5O2/c1-17(18-5-3-2-4-6-18)30-26-29-16-23-24(31-26)22(19-7-9-20(32)10-8-19)15-28-25(23)33-21-11-13-27-14-12-21/h2-6,15-17,19-21,27,32H,7-14H2,1H3,(H,29,30,31)/t17-,19?,20?/m0/s1. The van der Waals surface area contributed by atoms with E-state index >= 15 is 0 Å². The van der Waals surface area contributed by atoms with Crippen molar-refractivity contribution >= 4 is 16.9 Å². The first-order valence-corrected chi connectivity index (χ1v) is 12.2. The number of hydrogen-bond acceptors (Lipinski definition) is 7. The van der Waals surface area contributed by atoms with Crippen molar-refractivity contribution < 1.29 is 9.84 Å². The third-order valence-corrected chi connectivity index (χ3v) is 6.96. The molecule has 2 aromatic heterocycles. The fraction of sp³-hybridized carbons (Fsp3) is 0.500. The first-order valence-electron chi connectivity index (χ1n) is 12.2. The van der Waals surface area contributed by atoms with Gasteiger partial charge in [0.2, 0.25) is 11.8 Å². The number of hydrogen-bond donors (Lipinski definition) is 3. The Bertz CT molecular complexity index is 1060. The van der Waals surface area contributed by atoms with Crippen molar-refractivity contribution in [3.8, 4) is 5.88 Å². The highest BCUT2D eigenvalue weighted by atomic mass is 16.5. The van der Waals surface area contributed by atoms with Gasteiger partial charge in [0.15, 0.2) is 0 Å². The zero-order chi connectivity index (χ0) is 22.6. The molecule has 33 heavy (non-hydrogen) atoms. The van der Waals surface area contributed by atoms with Crippen molar-refractivity contribution in [3.63, 3.8) is 0 Å². The average molecular weight is 448 g/mol. The van der Waals surface area contributed by atoms with Crippen LogP contribution in [0.2, 0.25) is 0 Å². The van der Waals surface area contributed by atoms with Gasteiger partial charge >= 0.3 is 0 Å². The SMILES string of the molecule is C[C@H](Nc1ncc2c(OC3CCNCC3)ncc(C3CCC(O)CC3)c2n1)c1ccccc1. The number of fused-ring (bicyclic) bond motifs is 1. The van der Waals surface area contributed by atoms with Crippen molar-refractivity contribution in [3.05, 3.63) is 53.9 Å². The number of aliphatic hydroxyl groups excluding tert-OH is 1. The first-order chi connectivity index (χ1) is 16.2. The molecule has 1 aliphatic heterocycles. The van der Waals surface area contributed by atoms with Crippen molar-refractivity contribution in [2.45, 2.75) is 69.6 Å². The summed E-state index contributed by atoms with van der Waals surface area (Å²) in [6.45, 7) is 4.05. The number of benzene rings is 1. The molecule has 1 saturated carbocycles. The fourth-order valence-electron chi connectivity index (χ4n) is 4.96. The van der Waals surface area contributed by atoms with E-state index in [0.29, 0.717) is 17.7 Å². The topological polar surface area (TPSA) is 92.2 Å². The predicted octanol–water partition coefficient (Wildman–Crippen LogP) is 4.35. The Balaban J connectivity index is 1.48. The van der Waals surface area contributed by atoms with Crippen LogP contribution in [0.1, 0.15) is 68.5 Å². The van der Waals surface area contributed by atoms with Gasteiger partial charge in [-0.05, 0) is 70.0 Å². The highest BCUT2D eigenvalue weighted by molar-refractivity contribution is 5.86. The maximum atomic E-state index is 9.99. The number of rotatable bonds is 6. The highest BCUT2D eigenvalue weighted by Gasteiger charge is 2.26. The van der Waals surface area contributed by atoms with E-state index in [1.54, 1.807) is 0 Å². The van der Waals surface area contributed by atoms with E-state index in [-0.39, 0.29) is 18.2 Å². The monoisotopic (exact) mass is 447 g/mol. The number of ether oxygens (including phenoxy) is 1. The van der Waals surface area contributed by atoms with Gasteiger partial charge < -0.3 is 20.5 Å². The molecule has 0 amide bonds. The molecular weight excluding hydrogens is 414 g/mol. The van der Waals surface area contributed by atoms with Crippen LogP contribution in [0, 0.1) is 0 Å². The number of anilines is 1. The molecule has 7 nitrogen and oxygen atoms in total. The average Bonchev–Trinajstić information content (AvgIpc) is 2.86. The Hall–Kier alpha value is -2.77. The Morgan fingerprint density at radius 3 is 2.52 bits per heavy atom. The van der Waals surface area contributed by atoms with Crippen LogP contribution >= 0.6 is 0 Å². The van der Waals surface area contributed by atoms with Crippen LogP contribution in [0.15, 0.2) is 42.7 Å². The molecular formula is C26H33N5O2. The van der Waals surface area contributed by atoms with E-state index in [1.165, 1.54) is 5.56 Å². The van der Waals surface area contributed by atoms with Crippen molar-refractivity contribution in [2.75, 3.05) is 18.4 Å². The number of piperidine rings is 1. The number of nitrogens with one attached hydrogen (secondary N) is 2. The summed E-state index contributed by atoms with van der Waals surface area (Å²) in [6.07, 6.45) is 9.24. The number of aliphatic hydroxyl groups is 1. The van der Waals surface area contributed by atoms with Crippen LogP contribution in [0.4, 0.5) is 5.95 Å². The molecule has 3 heterocycles. The molecule has 0 radical (unpaired) electrons. The summed E-state index contributed by atoms with van der Waals surface area (Å²) in [5.74, 6) is 1.57. The summed E-state index contributed by atoms with van der Waals surface area (Å²) in [6, 6.07) is 10.4. The normalized spacial score (nSPS) is 22.7.